The van der Waals surface area contributed by atoms with Crippen LogP contribution < -0.4 is 4.72 Å². The van der Waals surface area contributed by atoms with Gasteiger partial charge in [-0.05, 0) is 31.2 Å². The average molecular weight is 584 g/mol. The zero-order valence-corrected chi connectivity index (χ0v) is 20.4. The van der Waals surface area contributed by atoms with Crippen LogP contribution >= 0.6 is 0 Å². The number of aryl methyl sites for hydroxylation is 1. The minimum absolute atomic E-state index is 0.0783. The van der Waals surface area contributed by atoms with Gasteiger partial charge in [0.2, 0.25) is 0 Å². The highest BCUT2D eigenvalue weighted by molar-refractivity contribution is 7.93. The Morgan fingerprint density at radius 2 is 1.49 bits per heavy atom. The third-order valence-corrected chi connectivity index (χ3v) is 6.24. The van der Waals surface area contributed by atoms with E-state index in [0.29, 0.717) is 17.7 Å². The van der Waals surface area contributed by atoms with Gasteiger partial charge in [0.1, 0.15) is 12.3 Å². The summed E-state index contributed by atoms with van der Waals surface area (Å²) in [5.74, 6) is 0. The van der Waals surface area contributed by atoms with Crippen LogP contribution in [0, 0.1) is 6.92 Å². The van der Waals surface area contributed by atoms with E-state index < -0.39 is 56.9 Å². The van der Waals surface area contributed by atoms with Crippen LogP contribution in [0.5, 0.6) is 0 Å². The van der Waals surface area contributed by atoms with Crippen molar-refractivity contribution >= 4 is 21.4 Å². The molecule has 0 atom stereocenters. The molecule has 3 rings (SSSR count). The number of nitrogens with one attached hydrogen (secondary N) is 1. The van der Waals surface area contributed by atoms with Crippen LogP contribution in [0.15, 0.2) is 71.9 Å². The molecule has 1 N–H and O–H groups in total. The van der Waals surface area contributed by atoms with Crippen molar-refractivity contribution in [1.29, 1.82) is 0 Å². The number of sulfonamides is 1. The number of halogens is 9. The number of oxime groups is 1. The molecular weight excluding hydrogens is 567 g/mol. The molecule has 3 aromatic rings. The Morgan fingerprint density at radius 1 is 0.846 bits per heavy atom. The zero-order chi connectivity index (χ0) is 29.2. The van der Waals surface area contributed by atoms with Crippen molar-refractivity contribution in [3.8, 4) is 0 Å². The lowest BCUT2D eigenvalue weighted by Gasteiger charge is -2.17. The van der Waals surface area contributed by atoms with Gasteiger partial charge in [-0.1, -0.05) is 53.2 Å². The lowest BCUT2D eigenvalue weighted by atomic mass is 9.99. The molecule has 0 spiro atoms. The Kier molecular flexibility index (Phi) is 8.24. The molecule has 3 aromatic carbocycles. The maximum atomic E-state index is 13.5. The Balaban J connectivity index is 2.08. The van der Waals surface area contributed by atoms with Gasteiger partial charge in [-0.2, -0.15) is 47.9 Å². The Labute approximate surface area is 215 Å². The summed E-state index contributed by atoms with van der Waals surface area (Å²) in [5.41, 5.74) is -9.92. The van der Waals surface area contributed by atoms with Gasteiger partial charge >= 0.3 is 27.9 Å². The maximum Gasteiger partial charge on any atom is 0.516 e. The highest BCUT2D eigenvalue weighted by Crippen LogP contribution is 2.37. The summed E-state index contributed by atoms with van der Waals surface area (Å²) in [6.45, 7) is 0.561. The Morgan fingerprint density at radius 3 is 2.05 bits per heavy atom. The van der Waals surface area contributed by atoms with E-state index in [-0.39, 0.29) is 22.9 Å². The predicted octanol–water partition coefficient (Wildman–Crippen LogP) is 7.26. The molecule has 0 saturated carbocycles. The van der Waals surface area contributed by atoms with Crippen LogP contribution in [0.3, 0.4) is 0 Å². The van der Waals surface area contributed by atoms with Crippen molar-refractivity contribution < 1.29 is 52.8 Å². The molecule has 0 unspecified atom stereocenters. The first-order valence-electron chi connectivity index (χ1n) is 10.6. The summed E-state index contributed by atoms with van der Waals surface area (Å²) < 4.78 is 143. The predicted molar refractivity (Wildman–Crippen MR) is 123 cm³/mol. The number of nitrogens with zero attached hydrogens (tertiary/aromatic N) is 1. The third-order valence-electron chi connectivity index (χ3n) is 5.14. The highest BCUT2D eigenvalue weighted by Gasteiger charge is 2.46. The summed E-state index contributed by atoms with van der Waals surface area (Å²) in [7, 11) is -5.87. The van der Waals surface area contributed by atoms with Crippen molar-refractivity contribution in [2.75, 3.05) is 4.72 Å². The second-order valence-electron chi connectivity index (χ2n) is 8.05. The molecule has 0 heterocycles. The van der Waals surface area contributed by atoms with E-state index in [2.05, 4.69) is 5.16 Å². The van der Waals surface area contributed by atoms with Crippen molar-refractivity contribution in [1.82, 2.24) is 0 Å². The molecule has 0 aliphatic heterocycles. The lowest BCUT2D eigenvalue weighted by Crippen LogP contribution is -2.30. The van der Waals surface area contributed by atoms with E-state index in [0.717, 1.165) is 6.07 Å². The molecule has 5 nitrogen and oxygen atoms in total. The fourth-order valence-corrected chi connectivity index (χ4v) is 3.89. The summed E-state index contributed by atoms with van der Waals surface area (Å²) in [5, 5.41) is 3.76. The summed E-state index contributed by atoms with van der Waals surface area (Å²) in [6, 6.07) is 11.9. The average Bonchev–Trinajstić information content (AvgIpc) is 2.81. The van der Waals surface area contributed by atoms with E-state index in [4.69, 9.17) is 4.84 Å². The number of hydrogen-bond donors (Lipinski definition) is 1. The first-order chi connectivity index (χ1) is 17.9. The van der Waals surface area contributed by atoms with Gasteiger partial charge in [0.25, 0.3) is 0 Å². The van der Waals surface area contributed by atoms with Gasteiger partial charge in [0.05, 0.1) is 16.8 Å². The van der Waals surface area contributed by atoms with Gasteiger partial charge in [-0.15, -0.1) is 0 Å². The summed E-state index contributed by atoms with van der Waals surface area (Å²) in [4.78, 5) is 5.05. The molecule has 0 aliphatic rings. The molecule has 0 amide bonds. The number of benzene rings is 3. The van der Waals surface area contributed by atoms with Crippen LogP contribution in [0.2, 0.25) is 0 Å². The van der Waals surface area contributed by atoms with Crippen LogP contribution in [0.25, 0.3) is 0 Å². The number of hydrogen-bond acceptors (Lipinski definition) is 4. The maximum absolute atomic E-state index is 13.5. The molecule has 210 valence electrons. The van der Waals surface area contributed by atoms with Crippen LogP contribution in [0.1, 0.15) is 33.4 Å². The van der Waals surface area contributed by atoms with E-state index in [9.17, 15) is 47.9 Å². The van der Waals surface area contributed by atoms with E-state index >= 15 is 0 Å². The fraction of sp³-hybridized carbons (Fsp3) is 0.208. The second kappa shape index (κ2) is 10.8. The fourth-order valence-electron chi connectivity index (χ4n) is 3.31. The number of rotatable bonds is 7. The molecule has 0 fully saturated rings. The molecule has 0 aromatic heterocycles. The topological polar surface area (TPSA) is 67.8 Å². The van der Waals surface area contributed by atoms with Gasteiger partial charge in [-0.3, -0.25) is 4.72 Å². The SMILES string of the molecule is Cc1ccc(NS(=O)(=O)C(F)(F)F)c(/C(=N/OCc2ccc(C(F)(F)F)cc2C(F)(F)F)c2ccccc2)c1. The summed E-state index contributed by atoms with van der Waals surface area (Å²) >= 11 is 0. The van der Waals surface area contributed by atoms with Gasteiger partial charge in [-0.25, -0.2) is 0 Å². The number of anilines is 1. The van der Waals surface area contributed by atoms with Gasteiger partial charge < -0.3 is 4.84 Å². The molecule has 15 heteroatoms. The largest absolute Gasteiger partial charge is 0.516 e. The van der Waals surface area contributed by atoms with Gasteiger partial charge in [0, 0.05) is 16.7 Å². The summed E-state index contributed by atoms with van der Waals surface area (Å²) in [6.07, 6.45) is -10.2. The smallest absolute Gasteiger partial charge is 0.390 e. The van der Waals surface area contributed by atoms with Crippen molar-refractivity contribution in [3.05, 3.63) is 100 Å². The Bertz CT molecular complexity index is 1460. The van der Waals surface area contributed by atoms with E-state index in [1.807, 2.05) is 0 Å². The number of alkyl halides is 9. The third kappa shape index (κ3) is 7.22. The molecule has 0 radical (unpaired) electrons. The van der Waals surface area contributed by atoms with Crippen LogP contribution in [0.4, 0.5) is 45.2 Å². The van der Waals surface area contributed by atoms with E-state index in [1.165, 1.54) is 48.0 Å². The minimum atomic E-state index is -5.87. The van der Waals surface area contributed by atoms with Crippen molar-refractivity contribution in [2.24, 2.45) is 5.16 Å². The van der Waals surface area contributed by atoms with Crippen LogP contribution in [-0.2, 0) is 33.8 Å². The molecular formula is C24H17F9N2O3S. The van der Waals surface area contributed by atoms with E-state index in [1.54, 1.807) is 6.07 Å². The van der Waals surface area contributed by atoms with Crippen molar-refractivity contribution in [2.45, 2.75) is 31.4 Å². The Hall–Kier alpha value is -3.75. The first kappa shape index (κ1) is 29.8. The van der Waals surface area contributed by atoms with Crippen molar-refractivity contribution in [3.63, 3.8) is 0 Å². The quantitative estimate of drug-likeness (QED) is 0.181. The van der Waals surface area contributed by atoms with Crippen LogP contribution in [-0.4, -0.2) is 19.6 Å². The second-order valence-corrected chi connectivity index (χ2v) is 9.72. The lowest BCUT2D eigenvalue weighted by molar-refractivity contribution is -0.143. The molecule has 0 aliphatic carbocycles. The zero-order valence-electron chi connectivity index (χ0n) is 19.5. The monoisotopic (exact) mass is 584 g/mol. The highest BCUT2D eigenvalue weighted by atomic mass is 32.2. The molecule has 39 heavy (non-hydrogen) atoms. The van der Waals surface area contributed by atoms with Gasteiger partial charge in [0.15, 0.2) is 0 Å². The minimum Gasteiger partial charge on any atom is -0.390 e. The first-order valence-corrected chi connectivity index (χ1v) is 12.1. The standard InChI is InChI=1S/C24H17F9N2O3S/c1-14-7-10-20(35-39(36,37)24(31,32)33)18(11-14)21(15-5-3-2-4-6-15)34-38-13-16-8-9-17(22(25,26)27)12-19(16)23(28,29)30/h2-12,35H,13H2,1H3/b34-21+. The molecule has 0 saturated heterocycles. The normalized spacial score (nSPS) is 13.3. The molecule has 0 bridgehead atoms.